The Morgan fingerprint density at radius 2 is 1.96 bits per heavy atom. The summed E-state index contributed by atoms with van der Waals surface area (Å²) in [7, 11) is 0. The lowest BCUT2D eigenvalue weighted by molar-refractivity contribution is -0.384. The van der Waals surface area contributed by atoms with E-state index in [2.05, 4.69) is 4.99 Å². The van der Waals surface area contributed by atoms with E-state index >= 15 is 0 Å². The molecule has 0 amide bonds. The lowest BCUT2D eigenvalue weighted by Crippen LogP contribution is -2.04. The predicted molar refractivity (Wildman–Crippen MR) is 101 cm³/mol. The summed E-state index contributed by atoms with van der Waals surface area (Å²) in [5.74, 6) is -0.464. The number of carbonyl (C=O) groups is 1. The van der Waals surface area contributed by atoms with Crippen molar-refractivity contribution in [1.82, 2.24) is 0 Å². The van der Waals surface area contributed by atoms with Gasteiger partial charge in [0.05, 0.1) is 9.95 Å². The molecule has 2 aromatic carbocycles. The molecule has 0 radical (unpaired) electrons. The molecule has 0 saturated carbocycles. The number of hydrogen-bond acceptors (Lipinski definition) is 6. The van der Waals surface area contributed by atoms with E-state index in [0.717, 1.165) is 5.56 Å². The van der Waals surface area contributed by atoms with E-state index in [-0.39, 0.29) is 17.3 Å². The Morgan fingerprint density at radius 1 is 1.19 bits per heavy atom. The van der Waals surface area contributed by atoms with E-state index in [1.165, 1.54) is 23.5 Å². The molecule has 1 aliphatic rings. The Hall–Kier alpha value is -3.03. The third-order valence-corrected chi connectivity index (χ3v) is 5.39. The molecule has 26 heavy (non-hydrogen) atoms. The van der Waals surface area contributed by atoms with Crippen molar-refractivity contribution in [2.24, 2.45) is 4.99 Å². The van der Waals surface area contributed by atoms with Crippen molar-refractivity contribution in [3.05, 3.63) is 79.8 Å². The van der Waals surface area contributed by atoms with Gasteiger partial charge < -0.3 is 4.74 Å². The number of cyclic esters (lactones) is 1. The Bertz CT molecular complexity index is 1120. The molecule has 0 bridgehead atoms. The number of esters is 1. The normalized spacial score (nSPS) is 15.3. The third-order valence-electron chi connectivity index (χ3n) is 3.74. The summed E-state index contributed by atoms with van der Waals surface area (Å²) in [5.41, 5.74) is 0.963. The molecule has 0 fully saturated rings. The lowest BCUT2D eigenvalue weighted by Gasteiger charge is -1.95. The molecule has 1 aromatic heterocycles. The van der Waals surface area contributed by atoms with Gasteiger partial charge in [-0.3, -0.25) is 10.1 Å². The summed E-state index contributed by atoms with van der Waals surface area (Å²) >= 11 is 7.57. The number of fused-ring (bicyclic) bond motifs is 1. The monoisotopic (exact) mass is 384 g/mol. The summed E-state index contributed by atoms with van der Waals surface area (Å²) in [6, 6.07) is 13.7. The largest absolute Gasteiger partial charge is 0.401 e. The second-order valence-corrected chi connectivity index (χ2v) is 6.86. The van der Waals surface area contributed by atoms with Crippen molar-refractivity contribution < 1.29 is 14.5 Å². The molecule has 128 valence electrons. The molecule has 6 nitrogen and oxygen atoms in total. The molecule has 0 spiro atoms. The fourth-order valence-electron chi connectivity index (χ4n) is 2.52. The minimum Gasteiger partial charge on any atom is -0.401 e. The highest BCUT2D eigenvalue weighted by Gasteiger charge is 2.28. The van der Waals surface area contributed by atoms with Crippen LogP contribution in [0.1, 0.15) is 10.4 Å². The molecule has 2 heterocycles. The van der Waals surface area contributed by atoms with E-state index in [9.17, 15) is 14.9 Å². The molecular weight excluding hydrogens is 376 g/mol. The summed E-state index contributed by atoms with van der Waals surface area (Å²) in [6.45, 7) is 0. The van der Waals surface area contributed by atoms with Crippen LogP contribution in [0.5, 0.6) is 0 Å². The number of non-ortho nitro benzene ring substituents is 1. The average Bonchev–Trinajstić information content (AvgIpc) is 3.16. The van der Waals surface area contributed by atoms with Crippen molar-refractivity contribution in [3.8, 4) is 0 Å². The molecule has 0 atom stereocenters. The second-order valence-electron chi connectivity index (χ2n) is 5.43. The van der Waals surface area contributed by atoms with Crippen LogP contribution in [0.25, 0.3) is 16.2 Å². The molecule has 0 unspecified atom stereocenters. The van der Waals surface area contributed by atoms with Gasteiger partial charge in [-0.2, -0.15) is 0 Å². The zero-order valence-electron chi connectivity index (χ0n) is 13.0. The third kappa shape index (κ3) is 2.87. The molecule has 1 aliphatic heterocycles. The number of thiophene rings is 1. The number of nitrogens with zero attached hydrogens (tertiary/aromatic N) is 2. The van der Waals surface area contributed by atoms with Gasteiger partial charge in [0.15, 0.2) is 5.70 Å². The maximum atomic E-state index is 12.1. The van der Waals surface area contributed by atoms with Gasteiger partial charge in [-0.05, 0) is 17.7 Å². The van der Waals surface area contributed by atoms with E-state index in [4.69, 9.17) is 16.3 Å². The number of benzene rings is 2. The van der Waals surface area contributed by atoms with Crippen LogP contribution in [-0.2, 0) is 9.53 Å². The maximum Gasteiger partial charge on any atom is 0.363 e. The highest BCUT2D eigenvalue weighted by Crippen LogP contribution is 2.39. The highest BCUT2D eigenvalue weighted by atomic mass is 35.5. The van der Waals surface area contributed by atoms with E-state index in [1.807, 2.05) is 30.3 Å². The number of aliphatic imine (C=N–C) groups is 1. The van der Waals surface area contributed by atoms with Gasteiger partial charge in [0.2, 0.25) is 5.90 Å². The Balaban J connectivity index is 1.77. The first-order valence-electron chi connectivity index (χ1n) is 7.47. The van der Waals surface area contributed by atoms with Gasteiger partial charge in [-0.1, -0.05) is 41.9 Å². The van der Waals surface area contributed by atoms with Crippen LogP contribution in [0.2, 0.25) is 5.02 Å². The van der Waals surface area contributed by atoms with Gasteiger partial charge in [-0.15, -0.1) is 11.3 Å². The Kier molecular flexibility index (Phi) is 4.02. The van der Waals surface area contributed by atoms with Gasteiger partial charge >= 0.3 is 5.97 Å². The Morgan fingerprint density at radius 3 is 2.69 bits per heavy atom. The molecule has 0 saturated heterocycles. The number of halogens is 1. The van der Waals surface area contributed by atoms with E-state index < -0.39 is 10.9 Å². The second kappa shape index (κ2) is 6.36. The first-order valence-corrected chi connectivity index (χ1v) is 8.67. The molecule has 8 heteroatoms. The Labute approximate surface area is 156 Å². The number of rotatable bonds is 3. The fourth-order valence-corrected chi connectivity index (χ4v) is 3.99. The first-order chi connectivity index (χ1) is 12.5. The van der Waals surface area contributed by atoms with Gasteiger partial charge in [0.25, 0.3) is 5.69 Å². The van der Waals surface area contributed by atoms with Crippen LogP contribution < -0.4 is 0 Å². The minimum absolute atomic E-state index is 0.0306. The number of carbonyl (C=O) groups excluding carboxylic acids is 1. The quantitative estimate of drug-likeness (QED) is 0.281. The fraction of sp³-hybridized carbons (Fsp3) is 0. The zero-order valence-corrected chi connectivity index (χ0v) is 14.6. The van der Waals surface area contributed by atoms with E-state index in [1.54, 1.807) is 12.1 Å². The number of ether oxygens (including phenoxy) is 1. The number of nitro groups is 1. The zero-order chi connectivity index (χ0) is 18.3. The first kappa shape index (κ1) is 16.4. The average molecular weight is 385 g/mol. The van der Waals surface area contributed by atoms with Crippen molar-refractivity contribution in [2.75, 3.05) is 0 Å². The molecule has 4 rings (SSSR count). The van der Waals surface area contributed by atoms with Crippen molar-refractivity contribution >= 4 is 56.7 Å². The van der Waals surface area contributed by atoms with E-state index in [0.29, 0.717) is 20.0 Å². The van der Waals surface area contributed by atoms with Crippen molar-refractivity contribution in [3.63, 3.8) is 0 Å². The summed E-state index contributed by atoms with van der Waals surface area (Å²) < 4.78 is 5.88. The lowest BCUT2D eigenvalue weighted by atomic mass is 10.2. The van der Waals surface area contributed by atoms with Crippen LogP contribution in [0.15, 0.2) is 59.2 Å². The van der Waals surface area contributed by atoms with Crippen LogP contribution >= 0.6 is 22.9 Å². The highest BCUT2D eigenvalue weighted by molar-refractivity contribution is 7.21. The standard InChI is InChI=1S/C18H9ClN2O4S/c19-15-12-7-6-11(21(23)24)9-14(12)26-16(15)17-20-13(18(22)25-17)8-10-4-2-1-3-5-10/h1-9H/b13-8+. The van der Waals surface area contributed by atoms with Crippen LogP contribution in [-0.4, -0.2) is 16.8 Å². The smallest absolute Gasteiger partial charge is 0.363 e. The molecular formula is C18H9ClN2O4S. The van der Waals surface area contributed by atoms with Gasteiger partial charge in [0.1, 0.15) is 4.88 Å². The molecule has 3 aromatic rings. The number of hydrogen-bond donors (Lipinski definition) is 0. The molecule has 0 N–H and O–H groups in total. The number of nitro benzene ring substituents is 1. The molecule has 0 aliphatic carbocycles. The summed E-state index contributed by atoms with van der Waals surface area (Å²) in [4.78, 5) is 27.3. The predicted octanol–water partition coefficient (Wildman–Crippen LogP) is 4.81. The maximum absolute atomic E-state index is 12.1. The summed E-state index contributed by atoms with van der Waals surface area (Å²) in [6.07, 6.45) is 1.63. The van der Waals surface area contributed by atoms with Crippen LogP contribution in [0.4, 0.5) is 5.69 Å². The van der Waals surface area contributed by atoms with Gasteiger partial charge in [0, 0.05) is 22.2 Å². The minimum atomic E-state index is -0.566. The topological polar surface area (TPSA) is 81.8 Å². The van der Waals surface area contributed by atoms with Crippen molar-refractivity contribution in [2.45, 2.75) is 0 Å². The van der Waals surface area contributed by atoms with Gasteiger partial charge in [-0.25, -0.2) is 9.79 Å². The van der Waals surface area contributed by atoms with Crippen LogP contribution in [0, 0.1) is 10.1 Å². The SMILES string of the molecule is O=C1OC(c2sc3cc([N+](=O)[O-])ccc3c2Cl)=N/C1=C/c1ccccc1. The van der Waals surface area contributed by atoms with Crippen LogP contribution in [0.3, 0.4) is 0 Å². The van der Waals surface area contributed by atoms with Crippen molar-refractivity contribution in [1.29, 1.82) is 0 Å². The summed E-state index contributed by atoms with van der Waals surface area (Å²) in [5, 5.41) is 11.9.